The monoisotopic (exact) mass is 266 g/mol. The third kappa shape index (κ3) is 1.98. The number of anilines is 1. The van der Waals surface area contributed by atoms with E-state index in [0.29, 0.717) is 5.02 Å². The molecule has 0 aliphatic carbocycles. The fraction of sp³-hybridized carbons (Fsp3) is 0.0909. The Bertz CT molecular complexity index is 540. The minimum atomic E-state index is -1.50. The first-order valence-corrected chi connectivity index (χ1v) is 5.32. The van der Waals surface area contributed by atoms with Crippen LogP contribution in [0.3, 0.4) is 0 Å². The maximum Gasteiger partial charge on any atom is 0.335 e. The quantitative estimate of drug-likeness (QED) is 0.632. The lowest BCUT2D eigenvalue weighted by atomic mass is 10.1. The van der Waals surface area contributed by atoms with Gasteiger partial charge >= 0.3 is 6.03 Å². The van der Waals surface area contributed by atoms with E-state index >= 15 is 0 Å². The molecule has 0 aromatic heterocycles. The van der Waals surface area contributed by atoms with Crippen LogP contribution in [0.1, 0.15) is 0 Å². The molecule has 2 rings (SSSR count). The van der Waals surface area contributed by atoms with E-state index in [0.717, 1.165) is 4.90 Å². The van der Waals surface area contributed by atoms with Gasteiger partial charge < -0.3 is 4.79 Å². The predicted octanol–water partition coefficient (Wildman–Crippen LogP) is 0.738. The molecule has 0 saturated carbocycles. The molecule has 1 aromatic carbocycles. The highest BCUT2D eigenvalue weighted by atomic mass is 35.5. The highest BCUT2D eigenvalue weighted by Gasteiger charge is 2.41. The molecule has 0 bridgehead atoms. The average molecular weight is 267 g/mol. The first kappa shape index (κ1) is 12.3. The predicted molar refractivity (Wildman–Crippen MR) is 62.0 cm³/mol. The number of rotatable bonds is 2. The number of barbiturate groups is 1. The number of hydrogen-bond acceptors (Lipinski definition) is 4. The molecule has 6 nitrogen and oxygen atoms in total. The van der Waals surface area contributed by atoms with Gasteiger partial charge in [0.2, 0.25) is 5.91 Å². The highest BCUT2D eigenvalue weighted by Crippen LogP contribution is 2.21. The molecule has 1 heterocycles. The number of carbonyl (C=O) groups is 4. The third-order valence-corrected chi connectivity index (χ3v) is 2.68. The lowest BCUT2D eigenvalue weighted by Gasteiger charge is -2.27. The van der Waals surface area contributed by atoms with Crippen molar-refractivity contribution in [3.63, 3.8) is 0 Å². The summed E-state index contributed by atoms with van der Waals surface area (Å²) >= 11 is 5.69. The molecule has 1 saturated heterocycles. The van der Waals surface area contributed by atoms with Gasteiger partial charge in [-0.1, -0.05) is 11.6 Å². The van der Waals surface area contributed by atoms with Gasteiger partial charge in [-0.3, -0.25) is 14.9 Å². The Morgan fingerprint density at radius 1 is 1.17 bits per heavy atom. The molecule has 1 atom stereocenters. The van der Waals surface area contributed by atoms with Gasteiger partial charge in [-0.2, -0.15) is 0 Å². The van der Waals surface area contributed by atoms with E-state index in [2.05, 4.69) is 0 Å². The largest absolute Gasteiger partial charge is 0.335 e. The summed E-state index contributed by atoms with van der Waals surface area (Å²) in [5, 5.41) is 2.37. The minimum Gasteiger partial charge on any atom is -0.302 e. The van der Waals surface area contributed by atoms with Crippen molar-refractivity contribution in [2.45, 2.75) is 0 Å². The summed E-state index contributed by atoms with van der Waals surface area (Å²) in [5.41, 5.74) is 0.237. The summed E-state index contributed by atoms with van der Waals surface area (Å²) in [7, 11) is 0. The third-order valence-electron chi connectivity index (χ3n) is 2.42. The van der Waals surface area contributed by atoms with Crippen LogP contribution in [0, 0.1) is 5.92 Å². The lowest BCUT2D eigenvalue weighted by Crippen LogP contribution is -2.58. The number of nitrogens with zero attached hydrogens (tertiary/aromatic N) is 1. The summed E-state index contributed by atoms with van der Waals surface area (Å²) in [5.74, 6) is -3.29. The number of halogens is 1. The molecule has 92 valence electrons. The molecule has 1 aromatic rings. The molecule has 1 unspecified atom stereocenters. The number of aldehydes is 1. The molecule has 0 radical (unpaired) electrons. The van der Waals surface area contributed by atoms with E-state index in [9.17, 15) is 19.2 Å². The van der Waals surface area contributed by atoms with Gasteiger partial charge in [0.15, 0.2) is 5.92 Å². The standard InChI is InChI=1S/C11H7ClN2O4/c12-6-1-3-7(4-2-6)14-10(17)8(5-15)9(16)13-11(14)18/h1-5,8H,(H,13,16,18). The number of imide groups is 2. The van der Waals surface area contributed by atoms with Gasteiger partial charge in [0.05, 0.1) is 5.69 Å². The number of nitrogens with one attached hydrogen (secondary N) is 1. The van der Waals surface area contributed by atoms with Crippen LogP contribution >= 0.6 is 11.6 Å². The van der Waals surface area contributed by atoms with E-state index < -0.39 is 23.8 Å². The van der Waals surface area contributed by atoms with E-state index in [1.165, 1.54) is 24.3 Å². The smallest absolute Gasteiger partial charge is 0.302 e. The van der Waals surface area contributed by atoms with Crippen LogP contribution in [0.4, 0.5) is 10.5 Å². The van der Waals surface area contributed by atoms with E-state index in [4.69, 9.17) is 11.6 Å². The first-order valence-electron chi connectivity index (χ1n) is 4.94. The Morgan fingerprint density at radius 2 is 1.78 bits per heavy atom. The molecule has 7 heteroatoms. The van der Waals surface area contributed by atoms with Crippen molar-refractivity contribution in [1.29, 1.82) is 0 Å². The van der Waals surface area contributed by atoms with Gasteiger partial charge in [0.25, 0.3) is 5.91 Å². The van der Waals surface area contributed by atoms with Crippen molar-refractivity contribution >= 4 is 41.4 Å². The maximum atomic E-state index is 11.8. The first-order chi connectivity index (χ1) is 8.54. The molecular weight excluding hydrogens is 260 g/mol. The second kappa shape index (κ2) is 4.58. The normalized spacial score (nSPS) is 19.7. The zero-order chi connectivity index (χ0) is 13.3. The second-order valence-electron chi connectivity index (χ2n) is 3.56. The van der Waals surface area contributed by atoms with E-state index in [1.54, 1.807) is 0 Å². The molecule has 1 aliphatic rings. The lowest BCUT2D eigenvalue weighted by molar-refractivity contribution is -0.137. The molecule has 1 fully saturated rings. The Balaban J connectivity index is 2.39. The van der Waals surface area contributed by atoms with Crippen LogP contribution in [0.5, 0.6) is 0 Å². The van der Waals surface area contributed by atoms with Crippen molar-refractivity contribution < 1.29 is 19.2 Å². The number of carbonyl (C=O) groups excluding carboxylic acids is 4. The van der Waals surface area contributed by atoms with E-state index in [-0.39, 0.29) is 12.0 Å². The zero-order valence-corrected chi connectivity index (χ0v) is 9.68. The number of amides is 4. The highest BCUT2D eigenvalue weighted by molar-refractivity contribution is 6.33. The van der Waals surface area contributed by atoms with Crippen molar-refractivity contribution in [1.82, 2.24) is 5.32 Å². The molecule has 18 heavy (non-hydrogen) atoms. The number of urea groups is 1. The van der Waals surface area contributed by atoms with Crippen LogP contribution in [0.25, 0.3) is 0 Å². The number of hydrogen-bond donors (Lipinski definition) is 1. The Labute approximate surface area is 107 Å². The van der Waals surface area contributed by atoms with Crippen LogP contribution in [-0.2, 0) is 14.4 Å². The SMILES string of the molecule is O=CC1C(=O)NC(=O)N(c2ccc(Cl)cc2)C1=O. The van der Waals surface area contributed by atoms with Crippen LogP contribution in [0.15, 0.2) is 24.3 Å². The summed E-state index contributed by atoms with van der Waals surface area (Å²) in [4.78, 5) is 46.1. The van der Waals surface area contributed by atoms with Crippen LogP contribution in [-0.4, -0.2) is 24.1 Å². The average Bonchev–Trinajstić information content (AvgIpc) is 2.31. The topological polar surface area (TPSA) is 83.6 Å². The molecule has 4 amide bonds. The van der Waals surface area contributed by atoms with Gasteiger partial charge in [0, 0.05) is 5.02 Å². The van der Waals surface area contributed by atoms with Gasteiger partial charge in [-0.25, -0.2) is 9.69 Å². The Morgan fingerprint density at radius 3 is 2.33 bits per heavy atom. The summed E-state index contributed by atoms with van der Waals surface area (Å²) in [6.45, 7) is 0. The van der Waals surface area contributed by atoms with Crippen LogP contribution in [0.2, 0.25) is 5.02 Å². The van der Waals surface area contributed by atoms with Crippen LogP contribution < -0.4 is 10.2 Å². The Kier molecular flexibility index (Phi) is 3.12. The van der Waals surface area contributed by atoms with Crippen molar-refractivity contribution in [3.05, 3.63) is 29.3 Å². The minimum absolute atomic E-state index is 0.201. The fourth-order valence-corrected chi connectivity index (χ4v) is 1.67. The van der Waals surface area contributed by atoms with Crippen molar-refractivity contribution in [2.75, 3.05) is 4.90 Å². The van der Waals surface area contributed by atoms with Gasteiger partial charge in [-0.05, 0) is 24.3 Å². The molecule has 1 N–H and O–H groups in total. The van der Waals surface area contributed by atoms with E-state index in [1.807, 2.05) is 5.32 Å². The molecular formula is C11H7ClN2O4. The second-order valence-corrected chi connectivity index (χ2v) is 3.99. The van der Waals surface area contributed by atoms with Gasteiger partial charge in [-0.15, -0.1) is 0 Å². The summed E-state index contributed by atoms with van der Waals surface area (Å²) < 4.78 is 0. The number of benzene rings is 1. The molecule has 0 spiro atoms. The zero-order valence-electron chi connectivity index (χ0n) is 8.92. The summed E-state index contributed by atoms with van der Waals surface area (Å²) in [6, 6.07) is 4.98. The van der Waals surface area contributed by atoms with Gasteiger partial charge in [0.1, 0.15) is 6.29 Å². The van der Waals surface area contributed by atoms with Crippen molar-refractivity contribution in [3.8, 4) is 0 Å². The molecule has 1 aliphatic heterocycles. The Hall–Kier alpha value is -2.21. The summed E-state index contributed by atoms with van der Waals surface area (Å²) in [6.07, 6.45) is 0.201. The van der Waals surface area contributed by atoms with Crippen molar-refractivity contribution in [2.24, 2.45) is 5.92 Å². The maximum absolute atomic E-state index is 11.8. The fourth-order valence-electron chi connectivity index (χ4n) is 1.55.